The summed E-state index contributed by atoms with van der Waals surface area (Å²) in [6, 6.07) is 5.15. The second kappa shape index (κ2) is 5.97. The molecule has 0 saturated carbocycles. The van der Waals surface area contributed by atoms with Crippen molar-refractivity contribution in [3.8, 4) is 0 Å². The molecule has 0 amide bonds. The van der Waals surface area contributed by atoms with E-state index in [0.29, 0.717) is 13.1 Å². The number of nitrogens with zero attached hydrogens (tertiary/aromatic N) is 2. The van der Waals surface area contributed by atoms with E-state index in [1.807, 2.05) is 11.6 Å². The predicted octanol–water partition coefficient (Wildman–Crippen LogP) is 3.49. The van der Waals surface area contributed by atoms with Gasteiger partial charge in [0.15, 0.2) is 4.73 Å². The molecule has 1 aromatic heterocycles. The Balaban J connectivity index is 1.90. The first-order valence-corrected chi connectivity index (χ1v) is 6.70. The van der Waals surface area contributed by atoms with Gasteiger partial charge in [-0.05, 0) is 33.6 Å². The van der Waals surface area contributed by atoms with E-state index < -0.39 is 11.7 Å². The lowest BCUT2D eigenvalue weighted by Gasteiger charge is -2.09. The molecule has 0 unspecified atom stereocenters. The van der Waals surface area contributed by atoms with Crippen LogP contribution in [0.1, 0.15) is 16.8 Å². The van der Waals surface area contributed by atoms with Gasteiger partial charge in [-0.3, -0.25) is 0 Å². The summed E-state index contributed by atoms with van der Waals surface area (Å²) in [5, 5.41) is 3.17. The molecule has 0 aliphatic heterocycles. The Morgan fingerprint density at radius 3 is 2.35 bits per heavy atom. The maximum Gasteiger partial charge on any atom is 0.416 e. The number of aromatic nitrogens is 2. The Kier molecular flexibility index (Phi) is 4.49. The van der Waals surface area contributed by atoms with Crippen LogP contribution in [0.2, 0.25) is 0 Å². The molecule has 0 bridgehead atoms. The summed E-state index contributed by atoms with van der Waals surface area (Å²) in [7, 11) is 1.88. The fourth-order valence-electron chi connectivity index (χ4n) is 1.73. The highest BCUT2D eigenvalue weighted by molar-refractivity contribution is 9.10. The van der Waals surface area contributed by atoms with Crippen LogP contribution in [0, 0.1) is 0 Å². The lowest BCUT2D eigenvalue weighted by molar-refractivity contribution is -0.137. The fourth-order valence-corrected chi connectivity index (χ4v) is 2.06. The Bertz CT molecular complexity index is 576. The highest BCUT2D eigenvalue weighted by atomic mass is 79.9. The van der Waals surface area contributed by atoms with Crippen molar-refractivity contribution < 1.29 is 13.2 Å². The van der Waals surface area contributed by atoms with Crippen LogP contribution in [-0.2, 0) is 26.3 Å². The van der Waals surface area contributed by atoms with Gasteiger partial charge in [0.05, 0.1) is 17.5 Å². The molecule has 0 aliphatic carbocycles. The van der Waals surface area contributed by atoms with E-state index >= 15 is 0 Å². The molecule has 0 aliphatic rings. The number of nitrogens with one attached hydrogen (secondary N) is 1. The molecule has 0 spiro atoms. The number of benzene rings is 1. The van der Waals surface area contributed by atoms with Crippen LogP contribution in [0.15, 0.2) is 35.2 Å². The molecule has 1 N–H and O–H groups in total. The summed E-state index contributed by atoms with van der Waals surface area (Å²) in [5.74, 6) is 0. The monoisotopic (exact) mass is 347 g/mol. The minimum Gasteiger partial charge on any atom is -0.325 e. The molecule has 0 atom stereocenters. The normalized spacial score (nSPS) is 11.8. The molecule has 2 rings (SSSR count). The molecule has 2 aromatic rings. The predicted molar refractivity (Wildman–Crippen MR) is 72.9 cm³/mol. The zero-order valence-electron chi connectivity index (χ0n) is 10.7. The minimum atomic E-state index is -4.28. The van der Waals surface area contributed by atoms with E-state index in [-0.39, 0.29) is 0 Å². The van der Waals surface area contributed by atoms with Crippen molar-refractivity contribution in [2.45, 2.75) is 19.3 Å². The van der Waals surface area contributed by atoms with Gasteiger partial charge >= 0.3 is 6.18 Å². The second-order valence-electron chi connectivity index (χ2n) is 4.38. The molecule has 1 aromatic carbocycles. The van der Waals surface area contributed by atoms with Gasteiger partial charge < -0.3 is 9.88 Å². The van der Waals surface area contributed by atoms with Crippen LogP contribution >= 0.6 is 15.9 Å². The van der Waals surface area contributed by atoms with E-state index in [2.05, 4.69) is 26.2 Å². The second-order valence-corrected chi connectivity index (χ2v) is 5.09. The quantitative estimate of drug-likeness (QED) is 0.917. The van der Waals surface area contributed by atoms with Crippen molar-refractivity contribution in [1.82, 2.24) is 14.9 Å². The van der Waals surface area contributed by atoms with Gasteiger partial charge in [0.1, 0.15) is 0 Å². The Hall–Kier alpha value is -1.34. The van der Waals surface area contributed by atoms with Crippen LogP contribution in [0.5, 0.6) is 0 Å². The van der Waals surface area contributed by atoms with E-state index in [9.17, 15) is 13.2 Å². The third kappa shape index (κ3) is 3.61. The van der Waals surface area contributed by atoms with Crippen molar-refractivity contribution in [2.24, 2.45) is 7.05 Å². The summed E-state index contributed by atoms with van der Waals surface area (Å²) in [6.07, 6.45) is -2.54. The van der Waals surface area contributed by atoms with Crippen LogP contribution in [0.4, 0.5) is 13.2 Å². The SMILES string of the molecule is Cn1c(CNCc2ccc(C(F)(F)F)cc2)cnc1Br. The highest BCUT2D eigenvalue weighted by Gasteiger charge is 2.29. The zero-order chi connectivity index (χ0) is 14.8. The zero-order valence-corrected chi connectivity index (χ0v) is 12.3. The third-order valence-electron chi connectivity index (χ3n) is 2.94. The van der Waals surface area contributed by atoms with Gasteiger partial charge in [-0.15, -0.1) is 0 Å². The van der Waals surface area contributed by atoms with Crippen LogP contribution < -0.4 is 5.32 Å². The molecule has 20 heavy (non-hydrogen) atoms. The third-order valence-corrected chi connectivity index (χ3v) is 3.68. The summed E-state index contributed by atoms with van der Waals surface area (Å²) in [4.78, 5) is 4.10. The van der Waals surface area contributed by atoms with Gasteiger partial charge in [0.2, 0.25) is 0 Å². The molecular formula is C13H13BrF3N3. The van der Waals surface area contributed by atoms with Crippen molar-refractivity contribution in [3.05, 3.63) is 52.0 Å². The van der Waals surface area contributed by atoms with Crippen molar-refractivity contribution in [3.63, 3.8) is 0 Å². The molecule has 1 heterocycles. The van der Waals surface area contributed by atoms with Gasteiger partial charge in [0.25, 0.3) is 0 Å². The highest BCUT2D eigenvalue weighted by Crippen LogP contribution is 2.29. The average Bonchev–Trinajstić information content (AvgIpc) is 2.70. The largest absolute Gasteiger partial charge is 0.416 e. The standard InChI is InChI=1S/C13H13BrF3N3/c1-20-11(8-19-12(20)14)7-18-6-9-2-4-10(5-3-9)13(15,16)17/h2-5,8,18H,6-7H2,1H3. The maximum absolute atomic E-state index is 12.4. The molecule has 108 valence electrons. The number of imidazole rings is 1. The van der Waals surface area contributed by atoms with Gasteiger partial charge in [-0.25, -0.2) is 4.98 Å². The lowest BCUT2D eigenvalue weighted by atomic mass is 10.1. The van der Waals surface area contributed by atoms with E-state index in [1.165, 1.54) is 12.1 Å². The molecule has 7 heteroatoms. The summed E-state index contributed by atoms with van der Waals surface area (Å²) >= 11 is 3.30. The van der Waals surface area contributed by atoms with E-state index in [1.54, 1.807) is 6.20 Å². The van der Waals surface area contributed by atoms with Gasteiger partial charge in [-0.1, -0.05) is 12.1 Å². The maximum atomic E-state index is 12.4. The summed E-state index contributed by atoms with van der Waals surface area (Å²) in [6.45, 7) is 1.09. The number of hydrogen-bond acceptors (Lipinski definition) is 2. The van der Waals surface area contributed by atoms with Crippen LogP contribution in [0.3, 0.4) is 0 Å². The first-order chi connectivity index (χ1) is 9.38. The van der Waals surface area contributed by atoms with Crippen molar-refractivity contribution in [1.29, 1.82) is 0 Å². The smallest absolute Gasteiger partial charge is 0.325 e. The fraction of sp³-hybridized carbons (Fsp3) is 0.308. The molecular weight excluding hydrogens is 335 g/mol. The Morgan fingerprint density at radius 2 is 1.85 bits per heavy atom. The number of alkyl halides is 3. The Morgan fingerprint density at radius 1 is 1.20 bits per heavy atom. The molecule has 0 fully saturated rings. The first-order valence-electron chi connectivity index (χ1n) is 5.91. The molecule has 0 radical (unpaired) electrons. The first kappa shape index (κ1) is 15.1. The minimum absolute atomic E-state index is 0.501. The number of hydrogen-bond donors (Lipinski definition) is 1. The molecule has 0 saturated heterocycles. The van der Waals surface area contributed by atoms with E-state index in [4.69, 9.17) is 0 Å². The summed E-state index contributed by atoms with van der Waals surface area (Å²) in [5.41, 5.74) is 1.17. The average molecular weight is 348 g/mol. The number of halogens is 4. The lowest BCUT2D eigenvalue weighted by Crippen LogP contribution is -2.15. The van der Waals surface area contributed by atoms with Gasteiger partial charge in [-0.2, -0.15) is 13.2 Å². The molecule has 3 nitrogen and oxygen atoms in total. The number of rotatable bonds is 4. The van der Waals surface area contributed by atoms with Crippen molar-refractivity contribution >= 4 is 15.9 Å². The van der Waals surface area contributed by atoms with Gasteiger partial charge in [0, 0.05) is 20.1 Å². The summed E-state index contributed by atoms with van der Waals surface area (Å²) < 4.78 is 39.9. The Labute approximate surface area is 123 Å². The van der Waals surface area contributed by atoms with Crippen LogP contribution in [0.25, 0.3) is 0 Å². The topological polar surface area (TPSA) is 29.9 Å². The van der Waals surface area contributed by atoms with Crippen LogP contribution in [-0.4, -0.2) is 9.55 Å². The van der Waals surface area contributed by atoms with Crippen molar-refractivity contribution in [2.75, 3.05) is 0 Å². The van der Waals surface area contributed by atoms with E-state index in [0.717, 1.165) is 28.1 Å².